The van der Waals surface area contributed by atoms with Crippen LogP contribution in [0.3, 0.4) is 0 Å². The van der Waals surface area contributed by atoms with Gasteiger partial charge < -0.3 is 4.57 Å². The molecule has 1 radical (unpaired) electrons. The number of hydrogen-bond donors (Lipinski definition) is 0. The molecule has 1 rings (SSSR count). The Morgan fingerprint density at radius 1 is 1.86 bits per heavy atom. The van der Waals surface area contributed by atoms with Gasteiger partial charge in [0, 0.05) is 7.05 Å². The zero-order valence-electron chi connectivity index (χ0n) is 3.83. The normalized spacial score (nSPS) is 9.29. The molecule has 0 bridgehead atoms. The van der Waals surface area contributed by atoms with Gasteiger partial charge in [0.25, 0.3) is 0 Å². The van der Waals surface area contributed by atoms with Gasteiger partial charge in [-0.2, -0.15) is 0 Å². The Bertz CT molecular complexity index is 142. The molecule has 0 saturated carbocycles. The predicted octanol–water partition coefficient (Wildman–Crippen LogP) is 0.371. The van der Waals surface area contributed by atoms with E-state index in [1.807, 2.05) is 7.05 Å². The molecule has 1 heterocycles. The first-order chi connectivity index (χ1) is 3.30. The van der Waals surface area contributed by atoms with Gasteiger partial charge in [-0.15, -0.1) is 10.2 Å². The van der Waals surface area contributed by atoms with E-state index in [0.29, 0.717) is 5.16 Å². The highest BCUT2D eigenvalue weighted by atomic mass is 32.1. The molecule has 0 N–H and O–H groups in total. The van der Waals surface area contributed by atoms with Crippen molar-refractivity contribution in [1.82, 2.24) is 14.8 Å². The molecule has 0 aliphatic rings. The van der Waals surface area contributed by atoms with Crippen molar-refractivity contribution in [2.45, 2.75) is 5.16 Å². The highest BCUT2D eigenvalue weighted by molar-refractivity contribution is 7.80. The molecule has 0 amide bonds. The van der Waals surface area contributed by atoms with Crippen molar-refractivity contribution < 1.29 is 0 Å². The van der Waals surface area contributed by atoms with Gasteiger partial charge >= 0.3 is 0 Å². The van der Waals surface area contributed by atoms with Crippen LogP contribution in [0.15, 0.2) is 11.5 Å². The summed E-state index contributed by atoms with van der Waals surface area (Å²) in [6, 6.07) is 0. The number of aromatic nitrogens is 3. The van der Waals surface area contributed by atoms with E-state index in [-0.39, 0.29) is 0 Å². The molecule has 0 fully saturated rings. The summed E-state index contributed by atoms with van der Waals surface area (Å²) < 4.78 is 1.68. The maximum absolute atomic E-state index is 4.68. The van der Waals surface area contributed by atoms with Gasteiger partial charge in [-0.25, -0.2) is 0 Å². The number of aryl methyl sites for hydroxylation is 1. The monoisotopic (exact) mass is 114 g/mol. The molecule has 37 valence electrons. The Kier molecular flexibility index (Phi) is 0.941. The van der Waals surface area contributed by atoms with E-state index in [1.54, 1.807) is 10.9 Å². The molecule has 1 aromatic heterocycles. The van der Waals surface area contributed by atoms with Crippen LogP contribution in [-0.4, -0.2) is 14.8 Å². The van der Waals surface area contributed by atoms with Gasteiger partial charge in [0.2, 0.25) is 5.16 Å². The van der Waals surface area contributed by atoms with E-state index in [9.17, 15) is 0 Å². The fourth-order valence-electron chi connectivity index (χ4n) is 0.273. The largest absolute Gasteiger partial charge is 0.308 e. The van der Waals surface area contributed by atoms with E-state index < -0.39 is 0 Å². The lowest BCUT2D eigenvalue weighted by Crippen LogP contribution is -1.83. The average molecular weight is 114 g/mol. The summed E-state index contributed by atoms with van der Waals surface area (Å²) in [6.07, 6.45) is 1.57. The molecule has 0 aliphatic heterocycles. The number of nitrogens with zero attached hydrogens (tertiary/aromatic N) is 3. The average Bonchev–Trinajstić information content (AvgIpc) is 1.91. The molecule has 0 aliphatic carbocycles. The van der Waals surface area contributed by atoms with Crippen LogP contribution in [0.4, 0.5) is 0 Å². The molecule has 0 unspecified atom stereocenters. The molecule has 0 saturated heterocycles. The van der Waals surface area contributed by atoms with Crippen molar-refractivity contribution in [2.24, 2.45) is 7.05 Å². The Hall–Kier alpha value is -0.640. The Labute approximate surface area is 46.8 Å². The van der Waals surface area contributed by atoms with Gasteiger partial charge in [-0.3, -0.25) is 0 Å². The minimum absolute atomic E-state index is 0.528. The third kappa shape index (κ3) is 0.691. The van der Waals surface area contributed by atoms with Crippen LogP contribution in [0.25, 0.3) is 0 Å². The standard InChI is InChI=1S/C3H4N3S/c1-6-2-4-5-3(6)7/h2H,1H3. The van der Waals surface area contributed by atoms with E-state index in [1.165, 1.54) is 0 Å². The van der Waals surface area contributed by atoms with Crippen LogP contribution in [0.2, 0.25) is 0 Å². The van der Waals surface area contributed by atoms with Crippen LogP contribution in [0, 0.1) is 0 Å². The predicted molar refractivity (Wildman–Crippen MR) is 26.9 cm³/mol. The molecule has 0 aromatic carbocycles. The highest BCUT2D eigenvalue weighted by Gasteiger charge is 1.88. The maximum Gasteiger partial charge on any atom is 0.221 e. The first kappa shape index (κ1) is 4.52. The molecule has 0 spiro atoms. The van der Waals surface area contributed by atoms with E-state index >= 15 is 0 Å². The second kappa shape index (κ2) is 1.46. The van der Waals surface area contributed by atoms with Crippen LogP contribution in [-0.2, 0) is 7.05 Å². The van der Waals surface area contributed by atoms with Gasteiger partial charge in [-0.1, -0.05) is 0 Å². The Morgan fingerprint density at radius 2 is 2.57 bits per heavy atom. The zero-order chi connectivity index (χ0) is 5.28. The summed E-state index contributed by atoms with van der Waals surface area (Å²) >= 11 is 4.68. The maximum atomic E-state index is 4.68. The van der Waals surface area contributed by atoms with Crippen molar-refractivity contribution >= 4 is 12.6 Å². The molecule has 1 aromatic rings. The molecule has 4 heteroatoms. The summed E-state index contributed by atoms with van der Waals surface area (Å²) in [5, 5.41) is 7.60. The fraction of sp³-hybridized carbons (Fsp3) is 0.333. The molecule has 7 heavy (non-hydrogen) atoms. The molecule has 3 nitrogen and oxygen atoms in total. The smallest absolute Gasteiger partial charge is 0.221 e. The summed E-state index contributed by atoms with van der Waals surface area (Å²) in [6.45, 7) is 0. The van der Waals surface area contributed by atoms with Gasteiger partial charge in [-0.05, 0) is 12.6 Å². The summed E-state index contributed by atoms with van der Waals surface area (Å²) in [4.78, 5) is 0. The van der Waals surface area contributed by atoms with Gasteiger partial charge in [0.15, 0.2) is 0 Å². The van der Waals surface area contributed by atoms with E-state index in [4.69, 9.17) is 0 Å². The minimum atomic E-state index is 0.528. The lowest BCUT2D eigenvalue weighted by molar-refractivity contribution is 0.793. The van der Waals surface area contributed by atoms with E-state index in [0.717, 1.165) is 0 Å². The topological polar surface area (TPSA) is 30.7 Å². The SMILES string of the molecule is Cn1cnnc1[S]. The van der Waals surface area contributed by atoms with Crippen LogP contribution in [0.5, 0.6) is 0 Å². The quantitative estimate of drug-likeness (QED) is 0.488. The number of rotatable bonds is 0. The number of hydrogen-bond acceptors (Lipinski definition) is 2. The Balaban J connectivity index is 3.12. The van der Waals surface area contributed by atoms with E-state index in [2.05, 4.69) is 22.8 Å². The summed E-state index contributed by atoms with van der Waals surface area (Å²) in [5.74, 6) is 0. The lowest BCUT2D eigenvalue weighted by atomic mass is 11.1. The first-order valence-corrected chi connectivity index (χ1v) is 2.22. The summed E-state index contributed by atoms with van der Waals surface area (Å²) in [7, 11) is 1.81. The lowest BCUT2D eigenvalue weighted by Gasteiger charge is -1.82. The zero-order valence-corrected chi connectivity index (χ0v) is 4.64. The third-order valence-corrected chi connectivity index (χ3v) is 1.04. The van der Waals surface area contributed by atoms with Crippen LogP contribution < -0.4 is 0 Å². The third-order valence-electron chi connectivity index (χ3n) is 0.670. The first-order valence-electron chi connectivity index (χ1n) is 1.81. The van der Waals surface area contributed by atoms with Crippen molar-refractivity contribution in [1.29, 1.82) is 0 Å². The van der Waals surface area contributed by atoms with Gasteiger partial charge in [0.1, 0.15) is 6.33 Å². The second-order valence-electron chi connectivity index (χ2n) is 1.22. The summed E-state index contributed by atoms with van der Waals surface area (Å²) in [5.41, 5.74) is 0. The van der Waals surface area contributed by atoms with Crippen molar-refractivity contribution in [2.75, 3.05) is 0 Å². The molecular weight excluding hydrogens is 110 g/mol. The second-order valence-corrected chi connectivity index (χ2v) is 1.59. The van der Waals surface area contributed by atoms with Gasteiger partial charge in [0.05, 0.1) is 0 Å². The van der Waals surface area contributed by atoms with Crippen molar-refractivity contribution in [3.63, 3.8) is 0 Å². The fourth-order valence-corrected chi connectivity index (χ4v) is 0.367. The highest BCUT2D eigenvalue weighted by Crippen LogP contribution is 1.93. The minimum Gasteiger partial charge on any atom is -0.308 e. The van der Waals surface area contributed by atoms with Crippen LogP contribution >= 0.6 is 12.6 Å². The van der Waals surface area contributed by atoms with Crippen molar-refractivity contribution in [3.05, 3.63) is 6.33 Å². The van der Waals surface area contributed by atoms with Crippen molar-refractivity contribution in [3.8, 4) is 0 Å². The van der Waals surface area contributed by atoms with Crippen LogP contribution in [0.1, 0.15) is 0 Å². The Morgan fingerprint density at radius 3 is 2.71 bits per heavy atom. The molecular formula is C3H4N3S. The molecule has 0 atom stereocenters.